The van der Waals surface area contributed by atoms with E-state index in [2.05, 4.69) is 0 Å². The summed E-state index contributed by atoms with van der Waals surface area (Å²) in [5, 5.41) is 18.9. The molecule has 4 nitrogen and oxygen atoms in total. The molecule has 0 aliphatic rings. The first-order valence-electron chi connectivity index (χ1n) is 3.22. The monoisotopic (exact) mass is 185 g/mol. The Bertz CT molecular complexity index is 272. The van der Waals surface area contributed by atoms with Gasteiger partial charge in [0.15, 0.2) is 12.4 Å². The molecule has 0 aromatic carbocycles. The maximum absolute atomic E-state index is 10.6. The van der Waals surface area contributed by atoms with Gasteiger partial charge in [0.25, 0.3) is 0 Å². The predicted molar refractivity (Wildman–Crippen MR) is 43.8 cm³/mol. The van der Waals surface area contributed by atoms with Gasteiger partial charge in [-0.2, -0.15) is 4.73 Å². The Morgan fingerprint density at radius 2 is 2.17 bits per heavy atom. The highest BCUT2D eigenvalue weighted by Crippen LogP contribution is 2.14. The summed E-state index contributed by atoms with van der Waals surface area (Å²) < 4.78 is 0.658. The van der Waals surface area contributed by atoms with Crippen LogP contribution >= 0.6 is 11.8 Å². The molecule has 1 aromatic rings. The standard InChI is InChI=1S/C7H7NO3S/c9-7(10)5-12-6-1-3-8(11)4-2-6/h1-4H,5H2,(H,9,10). The first-order chi connectivity index (χ1) is 5.68. The summed E-state index contributed by atoms with van der Waals surface area (Å²) in [6, 6.07) is 3.17. The van der Waals surface area contributed by atoms with Crippen LogP contribution in [-0.4, -0.2) is 16.8 Å². The summed E-state index contributed by atoms with van der Waals surface area (Å²) >= 11 is 1.19. The SMILES string of the molecule is O=C(O)CSc1cc[n+]([O-])cc1. The van der Waals surface area contributed by atoms with E-state index >= 15 is 0 Å². The number of hydrogen-bond acceptors (Lipinski definition) is 3. The van der Waals surface area contributed by atoms with E-state index in [0.717, 1.165) is 4.90 Å². The molecule has 0 spiro atoms. The molecule has 0 amide bonds. The van der Waals surface area contributed by atoms with Crippen molar-refractivity contribution in [2.24, 2.45) is 0 Å². The van der Waals surface area contributed by atoms with Crippen molar-refractivity contribution >= 4 is 17.7 Å². The van der Waals surface area contributed by atoms with E-state index in [1.54, 1.807) is 12.1 Å². The largest absolute Gasteiger partial charge is 0.619 e. The minimum atomic E-state index is -0.862. The molecule has 0 unspecified atom stereocenters. The van der Waals surface area contributed by atoms with Crippen LogP contribution < -0.4 is 4.73 Å². The molecule has 0 atom stereocenters. The molecule has 1 heterocycles. The Hall–Kier alpha value is -1.23. The number of hydrogen-bond donors (Lipinski definition) is 1. The van der Waals surface area contributed by atoms with E-state index in [9.17, 15) is 10.0 Å². The molecule has 64 valence electrons. The number of carboxylic acids is 1. The van der Waals surface area contributed by atoms with Gasteiger partial charge in [-0.25, -0.2) is 0 Å². The lowest BCUT2D eigenvalue weighted by Gasteiger charge is -1.97. The number of rotatable bonds is 3. The van der Waals surface area contributed by atoms with Crippen LogP contribution in [0.25, 0.3) is 0 Å². The highest BCUT2D eigenvalue weighted by atomic mass is 32.2. The van der Waals surface area contributed by atoms with Gasteiger partial charge >= 0.3 is 5.97 Å². The quantitative estimate of drug-likeness (QED) is 0.423. The van der Waals surface area contributed by atoms with Crippen LogP contribution in [0.2, 0.25) is 0 Å². The minimum absolute atomic E-state index is 0.0167. The van der Waals surface area contributed by atoms with Crippen LogP contribution in [0.3, 0.4) is 0 Å². The van der Waals surface area contributed by atoms with Gasteiger partial charge in [-0.05, 0) is 0 Å². The molecule has 1 rings (SSSR count). The fourth-order valence-corrected chi connectivity index (χ4v) is 1.24. The summed E-state index contributed by atoms with van der Waals surface area (Å²) in [6.45, 7) is 0. The van der Waals surface area contributed by atoms with Crippen molar-refractivity contribution in [2.45, 2.75) is 4.90 Å². The van der Waals surface area contributed by atoms with Crippen molar-refractivity contribution in [3.63, 3.8) is 0 Å². The maximum Gasteiger partial charge on any atom is 0.313 e. The van der Waals surface area contributed by atoms with E-state index in [4.69, 9.17) is 5.11 Å². The van der Waals surface area contributed by atoms with Crippen LogP contribution in [0, 0.1) is 5.21 Å². The van der Waals surface area contributed by atoms with E-state index in [1.165, 1.54) is 24.2 Å². The number of pyridine rings is 1. The van der Waals surface area contributed by atoms with Gasteiger partial charge in [0.05, 0.1) is 5.75 Å². The molecule has 0 saturated heterocycles. The lowest BCUT2D eigenvalue weighted by atomic mass is 10.5. The number of thioether (sulfide) groups is 1. The second-order valence-corrected chi connectivity index (χ2v) is 3.12. The van der Waals surface area contributed by atoms with Gasteiger partial charge in [-0.15, -0.1) is 11.8 Å². The van der Waals surface area contributed by atoms with Crippen molar-refractivity contribution in [1.82, 2.24) is 0 Å². The molecule has 12 heavy (non-hydrogen) atoms. The Labute approximate surface area is 73.4 Å². The molecular formula is C7H7NO3S. The zero-order valence-corrected chi connectivity index (χ0v) is 6.95. The summed E-state index contributed by atoms with van der Waals surface area (Å²) in [7, 11) is 0. The fraction of sp³-hybridized carbons (Fsp3) is 0.143. The van der Waals surface area contributed by atoms with Crippen molar-refractivity contribution in [3.8, 4) is 0 Å². The van der Waals surface area contributed by atoms with Gasteiger partial charge in [0.2, 0.25) is 0 Å². The Morgan fingerprint density at radius 3 is 2.67 bits per heavy atom. The second-order valence-electron chi connectivity index (χ2n) is 2.08. The van der Waals surface area contributed by atoms with Crippen LogP contribution in [0.4, 0.5) is 0 Å². The lowest BCUT2D eigenvalue weighted by Crippen LogP contribution is -2.23. The summed E-state index contributed by atoms with van der Waals surface area (Å²) in [6.07, 6.45) is 2.67. The molecule has 0 radical (unpaired) electrons. The van der Waals surface area contributed by atoms with Crippen LogP contribution in [0.5, 0.6) is 0 Å². The average molecular weight is 185 g/mol. The first-order valence-corrected chi connectivity index (χ1v) is 4.20. The molecule has 0 saturated carbocycles. The normalized spacial score (nSPS) is 9.67. The molecule has 1 aromatic heterocycles. The van der Waals surface area contributed by atoms with Crippen LogP contribution in [-0.2, 0) is 4.79 Å². The maximum atomic E-state index is 10.6. The topological polar surface area (TPSA) is 64.2 Å². The van der Waals surface area contributed by atoms with Gasteiger partial charge in [0, 0.05) is 17.0 Å². The fourth-order valence-electron chi connectivity index (χ4n) is 0.640. The molecule has 5 heteroatoms. The smallest absolute Gasteiger partial charge is 0.313 e. The molecule has 0 aliphatic carbocycles. The summed E-state index contributed by atoms with van der Waals surface area (Å²) in [4.78, 5) is 10.9. The zero-order valence-electron chi connectivity index (χ0n) is 6.14. The summed E-state index contributed by atoms with van der Waals surface area (Å²) in [5.41, 5.74) is 0. The zero-order chi connectivity index (χ0) is 8.97. The van der Waals surface area contributed by atoms with E-state index in [-0.39, 0.29) is 5.75 Å². The van der Waals surface area contributed by atoms with E-state index in [0.29, 0.717) is 4.73 Å². The highest BCUT2D eigenvalue weighted by molar-refractivity contribution is 8.00. The molecule has 0 fully saturated rings. The van der Waals surface area contributed by atoms with Crippen LogP contribution in [0.15, 0.2) is 29.4 Å². The third-order valence-corrected chi connectivity index (χ3v) is 2.13. The number of aromatic nitrogens is 1. The van der Waals surface area contributed by atoms with Crippen molar-refractivity contribution in [3.05, 3.63) is 29.7 Å². The molecule has 0 aliphatic heterocycles. The minimum Gasteiger partial charge on any atom is -0.619 e. The van der Waals surface area contributed by atoms with Crippen molar-refractivity contribution in [1.29, 1.82) is 0 Å². The second kappa shape index (κ2) is 3.96. The van der Waals surface area contributed by atoms with Crippen molar-refractivity contribution in [2.75, 3.05) is 5.75 Å². The Kier molecular flexibility index (Phi) is 2.93. The Morgan fingerprint density at radius 1 is 1.58 bits per heavy atom. The summed E-state index contributed by atoms with van der Waals surface area (Å²) in [5.74, 6) is -0.845. The number of aliphatic carboxylic acids is 1. The number of nitrogens with zero attached hydrogens (tertiary/aromatic N) is 1. The van der Waals surface area contributed by atoms with Crippen molar-refractivity contribution < 1.29 is 14.6 Å². The van der Waals surface area contributed by atoms with E-state index in [1.807, 2.05) is 0 Å². The predicted octanol–water partition coefficient (Wildman–Crippen LogP) is 0.497. The van der Waals surface area contributed by atoms with Gasteiger partial charge < -0.3 is 10.3 Å². The lowest BCUT2D eigenvalue weighted by molar-refractivity contribution is -0.605. The first kappa shape index (κ1) is 8.86. The van der Waals surface area contributed by atoms with Gasteiger partial charge in [0.1, 0.15) is 0 Å². The third-order valence-electron chi connectivity index (χ3n) is 1.13. The third kappa shape index (κ3) is 2.79. The van der Waals surface area contributed by atoms with Gasteiger partial charge in [-0.3, -0.25) is 4.79 Å². The van der Waals surface area contributed by atoms with Gasteiger partial charge in [-0.1, -0.05) is 0 Å². The average Bonchev–Trinajstić information content (AvgIpc) is 2.03. The molecular weight excluding hydrogens is 178 g/mol. The van der Waals surface area contributed by atoms with Crippen LogP contribution in [0.1, 0.15) is 0 Å². The number of carboxylic acid groups (broad SMARTS) is 1. The number of carbonyl (C=O) groups is 1. The Balaban J connectivity index is 2.53. The van der Waals surface area contributed by atoms with E-state index < -0.39 is 5.97 Å². The molecule has 1 N–H and O–H groups in total. The highest BCUT2D eigenvalue weighted by Gasteiger charge is 1.99. The molecule has 0 bridgehead atoms.